The number of methoxy groups -OCH3 is 1. The normalized spacial score (nSPS) is 22.3. The molecule has 0 aromatic carbocycles. The van der Waals surface area contributed by atoms with Gasteiger partial charge in [-0.15, -0.1) is 0 Å². The van der Waals surface area contributed by atoms with Crippen molar-refractivity contribution >= 4 is 5.96 Å². The van der Waals surface area contributed by atoms with Gasteiger partial charge in [-0.1, -0.05) is 12.8 Å². The molecule has 2 N–H and O–H groups in total. The summed E-state index contributed by atoms with van der Waals surface area (Å²) >= 11 is 0. The first-order valence-corrected chi connectivity index (χ1v) is 10.4. The van der Waals surface area contributed by atoms with E-state index in [4.69, 9.17) is 9.73 Å². The molecule has 1 aliphatic heterocycles. The highest BCUT2D eigenvalue weighted by molar-refractivity contribution is 5.79. The number of likely N-dealkylation sites (tertiary alicyclic amines) is 1. The highest BCUT2D eigenvalue weighted by atomic mass is 16.5. The molecule has 25 heavy (non-hydrogen) atoms. The smallest absolute Gasteiger partial charge is 0.191 e. The first-order valence-electron chi connectivity index (χ1n) is 10.4. The van der Waals surface area contributed by atoms with Crippen LogP contribution >= 0.6 is 0 Å². The fraction of sp³-hybridized carbons (Fsp3) is 0.950. The van der Waals surface area contributed by atoms with E-state index in [1.807, 2.05) is 0 Å². The van der Waals surface area contributed by atoms with Gasteiger partial charge in [0.25, 0.3) is 0 Å². The Morgan fingerprint density at radius 1 is 1.20 bits per heavy atom. The van der Waals surface area contributed by atoms with E-state index in [1.165, 1.54) is 58.0 Å². The molecule has 2 fully saturated rings. The SMILES string of the molecule is CCNC(=NCC1(CCOC)CCCC1)NCCC1CCN(C)CC1. The Bertz CT molecular complexity index is 385. The van der Waals surface area contributed by atoms with Gasteiger partial charge in [-0.05, 0) is 76.9 Å². The summed E-state index contributed by atoms with van der Waals surface area (Å²) in [5.41, 5.74) is 0.367. The highest BCUT2D eigenvalue weighted by Gasteiger charge is 2.33. The van der Waals surface area contributed by atoms with E-state index < -0.39 is 0 Å². The van der Waals surface area contributed by atoms with Crippen molar-refractivity contribution in [3.63, 3.8) is 0 Å². The molecule has 146 valence electrons. The molecule has 2 rings (SSSR count). The number of hydrogen-bond donors (Lipinski definition) is 2. The molecule has 0 unspecified atom stereocenters. The molecule has 0 aromatic rings. The Morgan fingerprint density at radius 3 is 2.56 bits per heavy atom. The fourth-order valence-electron chi connectivity index (χ4n) is 4.26. The highest BCUT2D eigenvalue weighted by Crippen LogP contribution is 2.41. The van der Waals surface area contributed by atoms with Gasteiger partial charge < -0.3 is 20.3 Å². The summed E-state index contributed by atoms with van der Waals surface area (Å²) in [6, 6.07) is 0. The summed E-state index contributed by atoms with van der Waals surface area (Å²) in [6.07, 6.45) is 10.4. The molecule has 0 atom stereocenters. The number of nitrogens with zero attached hydrogens (tertiary/aromatic N) is 2. The molecule has 5 heteroatoms. The molecule has 1 saturated carbocycles. The van der Waals surface area contributed by atoms with Gasteiger partial charge in [0.15, 0.2) is 5.96 Å². The largest absolute Gasteiger partial charge is 0.385 e. The van der Waals surface area contributed by atoms with Crippen LogP contribution in [0.1, 0.15) is 58.3 Å². The van der Waals surface area contributed by atoms with E-state index in [1.54, 1.807) is 7.11 Å². The van der Waals surface area contributed by atoms with Gasteiger partial charge in [-0.3, -0.25) is 4.99 Å². The molecular formula is C20H40N4O. The molecule has 0 spiro atoms. The van der Waals surface area contributed by atoms with Crippen molar-refractivity contribution in [1.82, 2.24) is 15.5 Å². The van der Waals surface area contributed by atoms with Crippen LogP contribution < -0.4 is 10.6 Å². The van der Waals surface area contributed by atoms with Gasteiger partial charge in [0, 0.05) is 33.4 Å². The average molecular weight is 353 g/mol. The van der Waals surface area contributed by atoms with Crippen molar-refractivity contribution in [3.05, 3.63) is 0 Å². The summed E-state index contributed by atoms with van der Waals surface area (Å²) in [7, 11) is 4.04. The van der Waals surface area contributed by atoms with E-state index in [-0.39, 0.29) is 0 Å². The van der Waals surface area contributed by atoms with Crippen LogP contribution in [0.25, 0.3) is 0 Å². The first kappa shape index (κ1) is 20.5. The topological polar surface area (TPSA) is 48.9 Å². The Morgan fingerprint density at radius 2 is 1.92 bits per heavy atom. The van der Waals surface area contributed by atoms with Crippen LogP contribution in [0.4, 0.5) is 0 Å². The van der Waals surface area contributed by atoms with E-state index in [2.05, 4.69) is 29.5 Å². The monoisotopic (exact) mass is 352 g/mol. The zero-order valence-corrected chi connectivity index (χ0v) is 16.8. The molecule has 0 aromatic heterocycles. The van der Waals surface area contributed by atoms with Crippen LogP contribution in [0.3, 0.4) is 0 Å². The predicted octanol–water partition coefficient (Wildman–Crippen LogP) is 2.87. The molecular weight excluding hydrogens is 312 g/mol. The van der Waals surface area contributed by atoms with Crippen molar-refractivity contribution < 1.29 is 4.74 Å². The fourth-order valence-corrected chi connectivity index (χ4v) is 4.26. The number of ether oxygens (including phenoxy) is 1. The number of aliphatic imine (C=N–C) groups is 1. The lowest BCUT2D eigenvalue weighted by Gasteiger charge is -2.29. The zero-order valence-electron chi connectivity index (χ0n) is 16.8. The summed E-state index contributed by atoms with van der Waals surface area (Å²) in [6.45, 7) is 8.39. The van der Waals surface area contributed by atoms with Crippen LogP contribution in [-0.2, 0) is 4.74 Å². The molecule has 1 heterocycles. The third-order valence-corrected chi connectivity index (χ3v) is 6.10. The molecule has 5 nitrogen and oxygen atoms in total. The minimum atomic E-state index is 0.367. The number of piperidine rings is 1. The van der Waals surface area contributed by atoms with Gasteiger partial charge in [0.1, 0.15) is 0 Å². The third kappa shape index (κ3) is 7.14. The number of hydrogen-bond acceptors (Lipinski definition) is 3. The van der Waals surface area contributed by atoms with Crippen LogP contribution in [0.5, 0.6) is 0 Å². The molecule has 2 aliphatic rings. The number of guanidine groups is 1. The molecule has 0 amide bonds. The van der Waals surface area contributed by atoms with Gasteiger partial charge in [-0.2, -0.15) is 0 Å². The van der Waals surface area contributed by atoms with Crippen molar-refractivity contribution in [3.8, 4) is 0 Å². The second-order valence-corrected chi connectivity index (χ2v) is 8.11. The standard InChI is InChI=1S/C20H40N4O/c1-4-21-19(22-13-7-18-8-14-24(2)15-9-18)23-17-20(12-16-25-3)10-5-6-11-20/h18H,4-17H2,1-3H3,(H2,21,22,23). The van der Waals surface area contributed by atoms with Gasteiger partial charge in [0.05, 0.1) is 0 Å². The second-order valence-electron chi connectivity index (χ2n) is 8.11. The third-order valence-electron chi connectivity index (χ3n) is 6.10. The lowest BCUT2D eigenvalue weighted by molar-refractivity contribution is 0.141. The van der Waals surface area contributed by atoms with Gasteiger partial charge >= 0.3 is 0 Å². The van der Waals surface area contributed by atoms with E-state index in [0.29, 0.717) is 5.41 Å². The Labute approximate surface area is 155 Å². The number of nitrogens with one attached hydrogen (secondary N) is 2. The summed E-state index contributed by atoms with van der Waals surface area (Å²) in [4.78, 5) is 7.39. The minimum Gasteiger partial charge on any atom is -0.385 e. The van der Waals surface area contributed by atoms with Gasteiger partial charge in [-0.25, -0.2) is 0 Å². The minimum absolute atomic E-state index is 0.367. The summed E-state index contributed by atoms with van der Waals surface area (Å²) in [5.74, 6) is 1.87. The van der Waals surface area contributed by atoms with Crippen molar-refractivity contribution in [1.29, 1.82) is 0 Å². The molecule has 1 saturated heterocycles. The predicted molar refractivity (Wildman–Crippen MR) is 106 cm³/mol. The Kier molecular flexibility index (Phi) is 9.04. The lowest BCUT2D eigenvalue weighted by atomic mass is 9.83. The maximum atomic E-state index is 5.34. The maximum Gasteiger partial charge on any atom is 0.191 e. The van der Waals surface area contributed by atoms with Crippen LogP contribution in [0, 0.1) is 11.3 Å². The summed E-state index contributed by atoms with van der Waals surface area (Å²) < 4.78 is 5.34. The van der Waals surface area contributed by atoms with E-state index >= 15 is 0 Å². The van der Waals surface area contributed by atoms with E-state index in [0.717, 1.165) is 44.5 Å². The lowest BCUT2D eigenvalue weighted by Crippen LogP contribution is -2.40. The number of rotatable bonds is 9. The Balaban J connectivity index is 1.78. The van der Waals surface area contributed by atoms with Crippen LogP contribution in [0.2, 0.25) is 0 Å². The van der Waals surface area contributed by atoms with Crippen molar-refractivity contribution in [2.24, 2.45) is 16.3 Å². The van der Waals surface area contributed by atoms with Crippen LogP contribution in [0.15, 0.2) is 4.99 Å². The maximum absolute atomic E-state index is 5.34. The van der Waals surface area contributed by atoms with E-state index in [9.17, 15) is 0 Å². The average Bonchev–Trinajstić information content (AvgIpc) is 3.09. The van der Waals surface area contributed by atoms with Gasteiger partial charge in [0.2, 0.25) is 0 Å². The van der Waals surface area contributed by atoms with Crippen LogP contribution in [-0.4, -0.2) is 64.3 Å². The Hall–Kier alpha value is -0.810. The summed E-state index contributed by atoms with van der Waals surface area (Å²) in [5, 5.41) is 6.99. The van der Waals surface area contributed by atoms with Crippen molar-refractivity contribution in [2.75, 3.05) is 53.5 Å². The van der Waals surface area contributed by atoms with Crippen molar-refractivity contribution in [2.45, 2.75) is 58.3 Å². The molecule has 0 bridgehead atoms. The molecule has 1 aliphatic carbocycles. The molecule has 0 radical (unpaired) electrons. The quantitative estimate of drug-likeness (QED) is 0.495. The zero-order chi connectivity index (χ0) is 18.0. The second kappa shape index (κ2) is 11.0. The first-order chi connectivity index (χ1) is 12.2.